The van der Waals surface area contributed by atoms with E-state index >= 15 is 0 Å². The van der Waals surface area contributed by atoms with Crippen molar-refractivity contribution in [1.82, 2.24) is 14.6 Å². The highest BCUT2D eigenvalue weighted by Crippen LogP contribution is 2.20. The lowest BCUT2D eigenvalue weighted by molar-refractivity contribution is 0.0955. The highest BCUT2D eigenvalue weighted by Gasteiger charge is 2.31. The second-order valence-electron chi connectivity index (χ2n) is 5.05. The number of nitrogens with two attached hydrogens (primary N) is 1. The highest BCUT2D eigenvalue weighted by molar-refractivity contribution is 7.89. The van der Waals surface area contributed by atoms with Gasteiger partial charge in [-0.1, -0.05) is 13.8 Å². The Hall–Kier alpha value is -1.09. The van der Waals surface area contributed by atoms with Crippen molar-refractivity contribution >= 4 is 28.3 Å². The minimum atomic E-state index is -3.73. The Balaban J connectivity index is 0.00000441. The molecule has 0 aliphatic carbocycles. The molecule has 22 heavy (non-hydrogen) atoms. The van der Waals surface area contributed by atoms with E-state index in [-0.39, 0.29) is 35.4 Å². The van der Waals surface area contributed by atoms with E-state index in [4.69, 9.17) is 5.73 Å². The average molecular weight is 353 g/mol. The predicted octanol–water partition coefficient (Wildman–Crippen LogP) is 0.602. The van der Waals surface area contributed by atoms with E-state index < -0.39 is 15.6 Å². The predicted molar refractivity (Wildman–Crippen MR) is 88.7 cm³/mol. The van der Waals surface area contributed by atoms with E-state index in [9.17, 15) is 13.2 Å². The topological polar surface area (TPSA) is 106 Å². The van der Waals surface area contributed by atoms with Crippen LogP contribution in [0.3, 0.4) is 0 Å². The summed E-state index contributed by atoms with van der Waals surface area (Å²) in [5.41, 5.74) is 5.34. The lowest BCUT2D eigenvalue weighted by atomic mass is 9.95. The largest absolute Gasteiger partial charge is 0.354 e. The van der Waals surface area contributed by atoms with Gasteiger partial charge in [-0.3, -0.25) is 4.79 Å². The second-order valence-corrected chi connectivity index (χ2v) is 6.73. The van der Waals surface area contributed by atoms with Gasteiger partial charge >= 0.3 is 0 Å². The van der Waals surface area contributed by atoms with Gasteiger partial charge in [0, 0.05) is 32.4 Å². The molecule has 0 radical (unpaired) electrons. The van der Waals surface area contributed by atoms with E-state index in [2.05, 4.69) is 10.0 Å². The van der Waals surface area contributed by atoms with Crippen LogP contribution < -0.4 is 15.8 Å². The normalized spacial score (nSPS) is 11.9. The summed E-state index contributed by atoms with van der Waals surface area (Å²) in [4.78, 5) is 11.7. The van der Waals surface area contributed by atoms with Crippen LogP contribution in [0.4, 0.5) is 0 Å². The van der Waals surface area contributed by atoms with Crippen LogP contribution in [-0.2, 0) is 17.1 Å². The molecule has 0 saturated heterocycles. The van der Waals surface area contributed by atoms with Crippen LogP contribution in [0.1, 0.15) is 37.2 Å². The number of nitrogens with one attached hydrogen (secondary N) is 2. The van der Waals surface area contributed by atoms with Gasteiger partial charge in [0.25, 0.3) is 5.91 Å². The molecule has 0 fully saturated rings. The maximum absolute atomic E-state index is 12.5. The Kier molecular flexibility index (Phi) is 7.56. The monoisotopic (exact) mass is 352 g/mol. The van der Waals surface area contributed by atoms with E-state index in [0.717, 1.165) is 0 Å². The number of rotatable bonds is 7. The number of hydrogen-bond donors (Lipinski definition) is 3. The van der Waals surface area contributed by atoms with E-state index in [1.165, 1.54) is 23.9 Å². The number of sulfonamides is 1. The molecule has 7 nitrogen and oxygen atoms in total. The van der Waals surface area contributed by atoms with Gasteiger partial charge in [-0.05, 0) is 18.9 Å². The van der Waals surface area contributed by atoms with Crippen LogP contribution >= 0.6 is 12.4 Å². The fourth-order valence-electron chi connectivity index (χ4n) is 2.10. The maximum Gasteiger partial charge on any atom is 0.267 e. The average Bonchev–Trinajstić information content (AvgIpc) is 2.87. The maximum atomic E-state index is 12.5. The zero-order chi connectivity index (χ0) is 16.3. The van der Waals surface area contributed by atoms with Crippen molar-refractivity contribution in [2.24, 2.45) is 12.8 Å². The van der Waals surface area contributed by atoms with Gasteiger partial charge in [0.15, 0.2) is 0 Å². The number of hydrogen-bond acceptors (Lipinski definition) is 4. The third kappa shape index (κ3) is 4.22. The molecular formula is C13H25ClN4O3S. The van der Waals surface area contributed by atoms with Crippen LogP contribution in [-0.4, -0.2) is 38.0 Å². The molecule has 9 heteroatoms. The molecule has 0 aliphatic rings. The molecule has 0 aliphatic heterocycles. The van der Waals surface area contributed by atoms with Crippen LogP contribution in [0.2, 0.25) is 0 Å². The van der Waals surface area contributed by atoms with Gasteiger partial charge in [0.2, 0.25) is 10.0 Å². The molecular weight excluding hydrogens is 328 g/mol. The zero-order valence-corrected chi connectivity index (χ0v) is 15.0. The lowest BCUT2D eigenvalue weighted by Crippen LogP contribution is -2.52. The Morgan fingerprint density at radius 3 is 2.32 bits per heavy atom. The number of carbonyl (C=O) groups excluding carboxylic acids is 1. The minimum absolute atomic E-state index is 0. The molecule has 0 unspecified atom stereocenters. The summed E-state index contributed by atoms with van der Waals surface area (Å²) in [6.45, 7) is 3.99. The van der Waals surface area contributed by atoms with E-state index in [1.54, 1.807) is 7.05 Å². The molecule has 4 N–H and O–H groups in total. The van der Waals surface area contributed by atoms with Crippen molar-refractivity contribution in [2.75, 3.05) is 13.6 Å². The van der Waals surface area contributed by atoms with Crippen molar-refractivity contribution in [2.45, 2.75) is 37.1 Å². The summed E-state index contributed by atoms with van der Waals surface area (Å²) < 4.78 is 29.1. The first-order chi connectivity index (χ1) is 9.75. The third-order valence-electron chi connectivity index (χ3n) is 3.85. The van der Waals surface area contributed by atoms with Crippen molar-refractivity contribution in [3.63, 3.8) is 0 Å². The summed E-state index contributed by atoms with van der Waals surface area (Å²) in [6, 6.07) is 1.35. The molecule has 1 rings (SSSR count). The summed E-state index contributed by atoms with van der Waals surface area (Å²) in [5, 5.41) is 2.47. The Bertz CT molecular complexity index is 601. The lowest BCUT2D eigenvalue weighted by Gasteiger charge is -2.30. The van der Waals surface area contributed by atoms with Crippen LogP contribution in [0.25, 0.3) is 0 Å². The molecule has 1 aromatic rings. The summed E-state index contributed by atoms with van der Waals surface area (Å²) in [5.74, 6) is -0.338. The molecule has 0 aromatic carbocycles. The fraction of sp³-hybridized carbons (Fsp3) is 0.615. The van der Waals surface area contributed by atoms with Gasteiger partial charge in [0.1, 0.15) is 10.6 Å². The molecule has 0 bridgehead atoms. The number of carbonyl (C=O) groups is 1. The van der Waals surface area contributed by atoms with Crippen LogP contribution in [0.15, 0.2) is 17.2 Å². The standard InChI is InChI=1S/C13H24N4O3S.ClH/c1-5-13(6-2,9-14)16-21(19,20)10-7-11(12(18)15-3)17(4)8-10;/h7-8,16H,5-6,9,14H2,1-4H3,(H,15,18);1H. The number of aromatic nitrogens is 1. The molecule has 1 aromatic heterocycles. The Morgan fingerprint density at radius 2 is 1.91 bits per heavy atom. The van der Waals surface area contributed by atoms with Crippen LogP contribution in [0.5, 0.6) is 0 Å². The molecule has 0 atom stereocenters. The smallest absolute Gasteiger partial charge is 0.267 e. The van der Waals surface area contributed by atoms with Gasteiger partial charge in [-0.2, -0.15) is 0 Å². The Labute approximate surface area is 138 Å². The third-order valence-corrected chi connectivity index (χ3v) is 5.39. The van der Waals surface area contributed by atoms with Crippen molar-refractivity contribution in [3.05, 3.63) is 18.0 Å². The van der Waals surface area contributed by atoms with E-state index in [0.29, 0.717) is 12.8 Å². The van der Waals surface area contributed by atoms with E-state index in [1.807, 2.05) is 13.8 Å². The van der Waals surface area contributed by atoms with Crippen molar-refractivity contribution < 1.29 is 13.2 Å². The van der Waals surface area contributed by atoms with Gasteiger partial charge < -0.3 is 15.6 Å². The van der Waals surface area contributed by atoms with Gasteiger partial charge in [0.05, 0.1) is 0 Å². The highest BCUT2D eigenvalue weighted by atomic mass is 35.5. The molecule has 0 spiro atoms. The molecule has 1 amide bonds. The zero-order valence-electron chi connectivity index (χ0n) is 13.3. The fourth-order valence-corrected chi connectivity index (χ4v) is 3.73. The minimum Gasteiger partial charge on any atom is -0.354 e. The van der Waals surface area contributed by atoms with Gasteiger partial charge in [-0.15, -0.1) is 12.4 Å². The van der Waals surface area contributed by atoms with Crippen LogP contribution in [0, 0.1) is 0 Å². The molecule has 0 saturated carbocycles. The second kappa shape index (κ2) is 7.96. The summed E-state index contributed by atoms with van der Waals surface area (Å²) >= 11 is 0. The molecule has 128 valence electrons. The van der Waals surface area contributed by atoms with Crippen molar-refractivity contribution in [1.29, 1.82) is 0 Å². The number of amides is 1. The molecule has 1 heterocycles. The number of aryl methyl sites for hydroxylation is 1. The summed E-state index contributed by atoms with van der Waals surface area (Å²) in [6.07, 6.45) is 2.60. The quantitative estimate of drug-likeness (QED) is 0.668. The Morgan fingerprint density at radius 1 is 1.36 bits per heavy atom. The first kappa shape index (κ1) is 20.9. The SMILES string of the molecule is CCC(CC)(CN)NS(=O)(=O)c1cc(C(=O)NC)n(C)c1.Cl. The summed E-state index contributed by atoms with van der Waals surface area (Å²) in [7, 11) is -0.609. The first-order valence-electron chi connectivity index (χ1n) is 6.87. The first-order valence-corrected chi connectivity index (χ1v) is 8.36. The number of nitrogens with zero attached hydrogens (tertiary/aromatic N) is 1. The van der Waals surface area contributed by atoms with Crippen molar-refractivity contribution in [3.8, 4) is 0 Å². The number of halogens is 1. The van der Waals surface area contributed by atoms with Gasteiger partial charge in [-0.25, -0.2) is 13.1 Å².